The van der Waals surface area contributed by atoms with E-state index in [1.54, 1.807) is 0 Å². The first-order valence-corrected chi connectivity index (χ1v) is 12.9. The maximum absolute atomic E-state index is 2.61. The summed E-state index contributed by atoms with van der Waals surface area (Å²) >= 11 is 0. The smallest absolute Gasteiger partial charge is 0.0713 e. The van der Waals surface area contributed by atoms with Crippen molar-refractivity contribution in [2.75, 3.05) is 0 Å². The first-order chi connectivity index (χ1) is 17.0. The van der Waals surface area contributed by atoms with E-state index >= 15 is 0 Å². The molecule has 5 aromatic carbocycles. The Kier molecular flexibility index (Phi) is 6.28. The maximum atomic E-state index is 2.61. The summed E-state index contributed by atoms with van der Waals surface area (Å²) < 4.78 is 0. The van der Waals surface area contributed by atoms with E-state index in [0.717, 1.165) is 12.8 Å². The monoisotopic (exact) mass is 453 g/mol. The fraction of sp³-hybridized carbons (Fsp3) is 0.235. The molecule has 0 heterocycles. The predicted octanol–water partition coefficient (Wildman–Crippen LogP) is 8.63. The van der Waals surface area contributed by atoms with E-state index in [1.165, 1.54) is 60.4 Å². The van der Waals surface area contributed by atoms with Crippen LogP contribution >= 0.6 is 0 Å². The van der Waals surface area contributed by atoms with Gasteiger partial charge < -0.3 is 0 Å². The molecule has 0 saturated carbocycles. The molecule has 35 heavy (non-hydrogen) atoms. The molecule has 5 aromatic rings. The van der Waals surface area contributed by atoms with Crippen LogP contribution in [0.15, 0.2) is 91.0 Å². The van der Waals surface area contributed by atoms with Gasteiger partial charge in [-0.05, 0) is 75.4 Å². The van der Waals surface area contributed by atoms with Crippen LogP contribution in [0.4, 0.5) is 0 Å². The van der Waals surface area contributed by atoms with E-state index in [-0.39, 0.29) is 5.31 Å². The molecule has 0 aliphatic heterocycles. The largest absolute Gasteiger partial charge is 0.166 e. The average Bonchev–Trinajstić information content (AvgIpc) is 2.87. The lowest BCUT2D eigenvalue weighted by molar-refractivity contribution is 0.553. The van der Waals surface area contributed by atoms with E-state index in [0.29, 0.717) is 0 Å². The molecule has 0 aliphatic rings. The third-order valence-corrected chi connectivity index (χ3v) is 7.89. The van der Waals surface area contributed by atoms with Gasteiger partial charge in [0.15, 0.2) is 7.28 Å². The molecule has 0 unspecified atom stereocenters. The lowest BCUT2D eigenvalue weighted by atomic mass is 9.42. The molecule has 0 amide bonds. The van der Waals surface area contributed by atoms with E-state index < -0.39 is 0 Å². The first-order valence-electron chi connectivity index (χ1n) is 12.9. The van der Waals surface area contributed by atoms with Gasteiger partial charge in [-0.1, -0.05) is 129 Å². The standard InChI is InChI=1S/C34H34B/c1-6-34(7-2,32-24(4)21-23(3)22-25(32)5)35-33-29-19-13-11-17-27(29)31(26-15-9-8-10-16-26)28-18-12-14-20-30(28)33/h8-22H,6-7H2,1-5H3. The van der Waals surface area contributed by atoms with Crippen LogP contribution in [0.25, 0.3) is 32.7 Å². The van der Waals surface area contributed by atoms with Crippen LogP contribution in [0.3, 0.4) is 0 Å². The molecule has 0 bridgehead atoms. The maximum Gasteiger partial charge on any atom is 0.166 e. The molecule has 1 heteroatoms. The zero-order valence-corrected chi connectivity index (χ0v) is 21.7. The summed E-state index contributed by atoms with van der Waals surface area (Å²) in [5.41, 5.74) is 9.60. The molecular formula is C34H34B. The highest BCUT2D eigenvalue weighted by Gasteiger charge is 2.34. The van der Waals surface area contributed by atoms with E-state index in [2.05, 4.69) is 133 Å². The minimum absolute atomic E-state index is 0.0261. The van der Waals surface area contributed by atoms with Crippen molar-refractivity contribution in [2.24, 2.45) is 0 Å². The van der Waals surface area contributed by atoms with E-state index in [9.17, 15) is 0 Å². The fourth-order valence-corrected chi connectivity index (χ4v) is 6.35. The Morgan fingerprint density at radius 2 is 1.06 bits per heavy atom. The lowest BCUT2D eigenvalue weighted by Crippen LogP contribution is -2.41. The Bertz CT molecular complexity index is 1430. The second kappa shape index (κ2) is 9.38. The van der Waals surface area contributed by atoms with Crippen molar-refractivity contribution in [3.63, 3.8) is 0 Å². The van der Waals surface area contributed by atoms with Gasteiger partial charge in [0, 0.05) is 0 Å². The van der Waals surface area contributed by atoms with Crippen LogP contribution in [0, 0.1) is 20.8 Å². The highest BCUT2D eigenvalue weighted by Crippen LogP contribution is 2.39. The number of benzene rings is 5. The van der Waals surface area contributed by atoms with Gasteiger partial charge in [0.05, 0.1) is 0 Å². The third kappa shape index (κ3) is 3.98. The van der Waals surface area contributed by atoms with Crippen LogP contribution in [0.1, 0.15) is 48.9 Å². The zero-order valence-electron chi connectivity index (χ0n) is 21.7. The van der Waals surface area contributed by atoms with Crippen molar-refractivity contribution < 1.29 is 0 Å². The van der Waals surface area contributed by atoms with Gasteiger partial charge in [-0.15, -0.1) is 0 Å². The SMILES string of the molecule is CCC([B]c1c2ccccc2c(-c2ccccc2)c2ccccc12)(CC)c1c(C)cc(C)cc1C. The van der Waals surface area contributed by atoms with Gasteiger partial charge in [0.1, 0.15) is 0 Å². The summed E-state index contributed by atoms with van der Waals surface area (Å²) in [7, 11) is 2.61. The van der Waals surface area contributed by atoms with Gasteiger partial charge in [-0.2, -0.15) is 0 Å². The van der Waals surface area contributed by atoms with Crippen LogP contribution < -0.4 is 5.46 Å². The summed E-state index contributed by atoms with van der Waals surface area (Å²) in [4.78, 5) is 0. The zero-order chi connectivity index (χ0) is 24.6. The van der Waals surface area contributed by atoms with Gasteiger partial charge in [0.2, 0.25) is 0 Å². The van der Waals surface area contributed by atoms with Crippen molar-refractivity contribution >= 4 is 34.3 Å². The predicted molar refractivity (Wildman–Crippen MR) is 155 cm³/mol. The summed E-state index contributed by atoms with van der Waals surface area (Å²) in [6.45, 7) is 11.5. The van der Waals surface area contributed by atoms with Crippen LogP contribution in [-0.4, -0.2) is 7.28 Å². The van der Waals surface area contributed by atoms with E-state index in [4.69, 9.17) is 0 Å². The summed E-state index contributed by atoms with van der Waals surface area (Å²) in [5, 5.41) is 5.28. The van der Waals surface area contributed by atoms with Crippen molar-refractivity contribution in [3.8, 4) is 11.1 Å². The number of hydrogen-bond acceptors (Lipinski definition) is 0. The van der Waals surface area contributed by atoms with E-state index in [1.807, 2.05) is 0 Å². The molecule has 173 valence electrons. The minimum atomic E-state index is -0.0261. The average molecular weight is 453 g/mol. The summed E-state index contributed by atoms with van der Waals surface area (Å²) in [6.07, 6.45) is 2.13. The Morgan fingerprint density at radius 1 is 0.600 bits per heavy atom. The van der Waals surface area contributed by atoms with Gasteiger partial charge in [0.25, 0.3) is 0 Å². The molecule has 0 N–H and O–H groups in total. The second-order valence-corrected chi connectivity index (χ2v) is 10.0. The lowest BCUT2D eigenvalue weighted by Gasteiger charge is -2.36. The second-order valence-electron chi connectivity index (χ2n) is 10.0. The minimum Gasteiger partial charge on any atom is -0.0713 e. The van der Waals surface area contributed by atoms with Gasteiger partial charge in [-0.25, -0.2) is 0 Å². The van der Waals surface area contributed by atoms with Crippen molar-refractivity contribution in [2.45, 2.75) is 52.8 Å². The summed E-state index contributed by atoms with van der Waals surface area (Å²) in [5.74, 6) is 0. The molecule has 0 nitrogen and oxygen atoms in total. The molecule has 0 atom stereocenters. The molecule has 0 aromatic heterocycles. The van der Waals surface area contributed by atoms with Crippen molar-refractivity contribution in [1.29, 1.82) is 0 Å². The van der Waals surface area contributed by atoms with Crippen LogP contribution in [0.2, 0.25) is 0 Å². The quantitative estimate of drug-likeness (QED) is 0.178. The van der Waals surface area contributed by atoms with Crippen molar-refractivity contribution in [1.82, 2.24) is 0 Å². The normalized spacial score (nSPS) is 11.8. The van der Waals surface area contributed by atoms with Crippen LogP contribution in [0.5, 0.6) is 0 Å². The molecule has 0 aliphatic carbocycles. The molecule has 0 fully saturated rings. The fourth-order valence-electron chi connectivity index (χ4n) is 6.35. The van der Waals surface area contributed by atoms with Crippen LogP contribution in [-0.2, 0) is 5.31 Å². The molecule has 5 rings (SSSR count). The highest BCUT2D eigenvalue weighted by atomic mass is 14.3. The number of rotatable bonds is 6. The number of fused-ring (bicyclic) bond motifs is 2. The first kappa shape index (κ1) is 23.4. The van der Waals surface area contributed by atoms with Crippen molar-refractivity contribution in [3.05, 3.63) is 113 Å². The number of aryl methyl sites for hydroxylation is 3. The van der Waals surface area contributed by atoms with Gasteiger partial charge in [-0.3, -0.25) is 0 Å². The molecular weight excluding hydrogens is 419 g/mol. The Morgan fingerprint density at radius 3 is 1.54 bits per heavy atom. The molecule has 0 saturated heterocycles. The number of hydrogen-bond donors (Lipinski definition) is 0. The Labute approximate surface area is 211 Å². The van der Waals surface area contributed by atoms with Gasteiger partial charge >= 0.3 is 0 Å². The Balaban J connectivity index is 1.84. The Hall–Kier alpha value is -3.32. The highest BCUT2D eigenvalue weighted by molar-refractivity contribution is 6.64. The molecule has 1 radical (unpaired) electrons. The third-order valence-electron chi connectivity index (χ3n) is 7.89. The molecule has 0 spiro atoms. The summed E-state index contributed by atoms with van der Waals surface area (Å²) in [6, 6.07) is 33.5. The topological polar surface area (TPSA) is 0 Å².